The molecule has 0 unspecified atom stereocenters. The summed E-state index contributed by atoms with van der Waals surface area (Å²) >= 11 is 0. The minimum absolute atomic E-state index is 0.187. The minimum Gasteiger partial charge on any atom is -0.496 e. The second-order valence-corrected chi connectivity index (χ2v) is 11.3. The normalized spacial score (nSPS) is 17.0. The van der Waals surface area contributed by atoms with Crippen molar-refractivity contribution in [2.45, 2.75) is 37.2 Å². The van der Waals surface area contributed by atoms with Crippen LogP contribution in [0.1, 0.15) is 40.9 Å². The van der Waals surface area contributed by atoms with Crippen LogP contribution >= 0.6 is 0 Å². The van der Waals surface area contributed by atoms with Gasteiger partial charge in [-0.05, 0) is 68.3 Å². The summed E-state index contributed by atoms with van der Waals surface area (Å²) in [6, 6.07) is 30.0. The number of rotatable bonds is 6. The highest BCUT2D eigenvalue weighted by Crippen LogP contribution is 2.45. The molecule has 0 N–H and O–H groups in total. The molecule has 0 spiro atoms. The first-order chi connectivity index (χ1) is 18.3. The molecule has 38 heavy (non-hydrogen) atoms. The Kier molecular flexibility index (Phi) is 6.95. The fourth-order valence-electron chi connectivity index (χ4n) is 5.15. The van der Waals surface area contributed by atoms with Crippen LogP contribution in [-0.2, 0) is 10.0 Å². The number of fused-ring (bicyclic) bond motifs is 1. The van der Waals surface area contributed by atoms with Gasteiger partial charge in [0.25, 0.3) is 15.9 Å². The van der Waals surface area contributed by atoms with E-state index in [0.29, 0.717) is 29.1 Å². The summed E-state index contributed by atoms with van der Waals surface area (Å²) in [7, 11) is -2.38. The monoisotopic (exact) mass is 526 g/mol. The van der Waals surface area contributed by atoms with E-state index in [-0.39, 0.29) is 16.8 Å². The fraction of sp³-hybridized carbons (Fsp3) is 0.194. The third kappa shape index (κ3) is 4.54. The number of nitrogens with zero attached hydrogens (tertiary/aromatic N) is 2. The molecule has 0 saturated heterocycles. The Labute approximate surface area is 224 Å². The molecule has 0 aromatic heterocycles. The van der Waals surface area contributed by atoms with Crippen LogP contribution in [0.2, 0.25) is 0 Å². The van der Waals surface area contributed by atoms with Gasteiger partial charge in [-0.2, -0.15) is 0 Å². The average Bonchev–Trinajstić information content (AvgIpc) is 2.93. The lowest BCUT2D eigenvalue weighted by Crippen LogP contribution is -2.47. The predicted molar refractivity (Wildman–Crippen MR) is 150 cm³/mol. The van der Waals surface area contributed by atoms with Crippen molar-refractivity contribution in [2.75, 3.05) is 16.3 Å². The molecule has 4 aromatic rings. The molecule has 4 aromatic carbocycles. The topological polar surface area (TPSA) is 66.9 Å². The Balaban J connectivity index is 1.65. The van der Waals surface area contributed by atoms with Crippen LogP contribution in [0.4, 0.5) is 11.4 Å². The number of hydrogen-bond acceptors (Lipinski definition) is 4. The maximum absolute atomic E-state index is 14.2. The summed E-state index contributed by atoms with van der Waals surface area (Å²) in [5.74, 6) is 0.311. The first kappa shape index (κ1) is 25.5. The summed E-state index contributed by atoms with van der Waals surface area (Å²) < 4.78 is 35.4. The fourth-order valence-corrected chi connectivity index (χ4v) is 6.79. The Bertz CT molecular complexity index is 1550. The van der Waals surface area contributed by atoms with Crippen LogP contribution in [0.3, 0.4) is 0 Å². The second kappa shape index (κ2) is 10.3. The van der Waals surface area contributed by atoms with Crippen LogP contribution in [0.15, 0.2) is 108 Å². The lowest BCUT2D eigenvalue weighted by Gasteiger charge is -2.43. The third-order valence-corrected chi connectivity index (χ3v) is 8.84. The molecule has 1 heterocycles. The molecule has 1 aliphatic rings. The zero-order chi connectivity index (χ0) is 26.9. The van der Waals surface area contributed by atoms with E-state index in [4.69, 9.17) is 4.74 Å². The van der Waals surface area contributed by atoms with Gasteiger partial charge in [0, 0.05) is 11.7 Å². The average molecular weight is 527 g/mol. The van der Waals surface area contributed by atoms with Crippen LogP contribution in [-0.4, -0.2) is 27.5 Å². The van der Waals surface area contributed by atoms with Crippen molar-refractivity contribution in [1.29, 1.82) is 0 Å². The lowest BCUT2D eigenvalue weighted by molar-refractivity contribution is 0.0971. The van der Waals surface area contributed by atoms with Crippen molar-refractivity contribution in [3.63, 3.8) is 0 Å². The number of methoxy groups -OCH3 is 1. The number of anilines is 2. The molecule has 1 amide bonds. The number of para-hydroxylation sites is 3. The van der Waals surface area contributed by atoms with Gasteiger partial charge >= 0.3 is 0 Å². The Morgan fingerprint density at radius 2 is 1.50 bits per heavy atom. The highest BCUT2D eigenvalue weighted by molar-refractivity contribution is 7.92. The van der Waals surface area contributed by atoms with Crippen LogP contribution in [0, 0.1) is 6.92 Å². The number of sulfonamides is 1. The summed E-state index contributed by atoms with van der Waals surface area (Å²) in [5.41, 5.74) is 3.48. The number of benzene rings is 4. The number of amides is 1. The van der Waals surface area contributed by atoms with E-state index in [1.807, 2.05) is 80.6 Å². The van der Waals surface area contributed by atoms with Crippen molar-refractivity contribution in [1.82, 2.24) is 0 Å². The van der Waals surface area contributed by atoms with Gasteiger partial charge < -0.3 is 9.64 Å². The number of aryl methyl sites for hydroxylation is 1. The van der Waals surface area contributed by atoms with E-state index >= 15 is 0 Å². The molecule has 1 aliphatic heterocycles. The Morgan fingerprint density at radius 3 is 2.21 bits per heavy atom. The van der Waals surface area contributed by atoms with E-state index in [1.54, 1.807) is 48.4 Å². The van der Waals surface area contributed by atoms with Gasteiger partial charge in [0.15, 0.2) is 0 Å². The molecule has 6 nitrogen and oxygen atoms in total. The van der Waals surface area contributed by atoms with Gasteiger partial charge in [-0.3, -0.25) is 9.10 Å². The molecule has 0 fully saturated rings. The number of carbonyl (C=O) groups is 1. The molecular weight excluding hydrogens is 496 g/mol. The van der Waals surface area contributed by atoms with E-state index in [2.05, 4.69) is 0 Å². The van der Waals surface area contributed by atoms with Crippen LogP contribution < -0.4 is 13.9 Å². The van der Waals surface area contributed by atoms with Crippen molar-refractivity contribution in [3.8, 4) is 5.75 Å². The van der Waals surface area contributed by atoms with Gasteiger partial charge in [-0.25, -0.2) is 8.42 Å². The summed E-state index contributed by atoms with van der Waals surface area (Å²) in [6.07, 6.45) is 0.415. The van der Waals surface area contributed by atoms with Crippen LogP contribution in [0.25, 0.3) is 0 Å². The van der Waals surface area contributed by atoms with Gasteiger partial charge in [0.1, 0.15) is 5.75 Å². The molecule has 0 radical (unpaired) electrons. The van der Waals surface area contributed by atoms with Crippen molar-refractivity contribution >= 4 is 27.3 Å². The molecule has 7 heteroatoms. The maximum atomic E-state index is 14.2. The number of ether oxygens (including phenoxy) is 1. The van der Waals surface area contributed by atoms with Gasteiger partial charge in [-0.15, -0.1) is 0 Å². The summed E-state index contributed by atoms with van der Waals surface area (Å²) in [4.78, 5) is 15.8. The maximum Gasteiger partial charge on any atom is 0.264 e. The molecule has 2 atom stereocenters. The largest absolute Gasteiger partial charge is 0.496 e. The Hall–Kier alpha value is -4.10. The molecule has 0 aliphatic carbocycles. The highest BCUT2D eigenvalue weighted by atomic mass is 32.2. The first-order valence-corrected chi connectivity index (χ1v) is 14.0. The van der Waals surface area contributed by atoms with E-state index in [0.717, 1.165) is 11.1 Å². The van der Waals surface area contributed by atoms with Gasteiger partial charge in [-0.1, -0.05) is 66.2 Å². The zero-order valence-electron chi connectivity index (χ0n) is 21.6. The summed E-state index contributed by atoms with van der Waals surface area (Å²) in [6.45, 7) is 3.88. The summed E-state index contributed by atoms with van der Waals surface area (Å²) in [5, 5.41) is 0. The Morgan fingerprint density at radius 1 is 0.868 bits per heavy atom. The smallest absolute Gasteiger partial charge is 0.264 e. The van der Waals surface area contributed by atoms with E-state index in [1.165, 1.54) is 4.31 Å². The van der Waals surface area contributed by atoms with Gasteiger partial charge in [0.2, 0.25) is 0 Å². The van der Waals surface area contributed by atoms with Crippen molar-refractivity contribution in [3.05, 3.63) is 120 Å². The number of carbonyl (C=O) groups excluding carboxylic acids is 1. The molecule has 5 rings (SSSR count). The lowest BCUT2D eigenvalue weighted by atomic mass is 9.90. The second-order valence-electron chi connectivity index (χ2n) is 9.48. The molecule has 0 bridgehead atoms. The molecule has 0 saturated carbocycles. The molecule has 194 valence electrons. The SMILES string of the molecule is COc1ccccc1C(=O)N1c2ccccc2[C@H](N(c2ccccc2)S(=O)(=O)c2ccc(C)cc2)C[C@H]1C. The third-order valence-electron chi connectivity index (χ3n) is 6.99. The minimum atomic E-state index is -3.93. The van der Waals surface area contributed by atoms with E-state index in [9.17, 15) is 13.2 Å². The first-order valence-electron chi connectivity index (χ1n) is 12.5. The van der Waals surface area contributed by atoms with E-state index < -0.39 is 16.1 Å². The van der Waals surface area contributed by atoms with Crippen molar-refractivity contribution < 1.29 is 17.9 Å². The molecular formula is C31H30N2O4S. The van der Waals surface area contributed by atoms with Crippen molar-refractivity contribution in [2.24, 2.45) is 0 Å². The number of hydrogen-bond donors (Lipinski definition) is 0. The van der Waals surface area contributed by atoms with Crippen LogP contribution in [0.5, 0.6) is 5.75 Å². The quantitative estimate of drug-likeness (QED) is 0.292. The zero-order valence-corrected chi connectivity index (χ0v) is 22.4. The standard InChI is InChI=1S/C31H30N2O4S/c1-22-17-19-25(20-18-22)38(35,36)33(24-11-5-4-6-12-24)29-21-23(2)32(28-15-9-7-13-26(28)29)31(34)27-14-8-10-16-30(27)37-3/h4-20,23,29H,21H2,1-3H3/t23-,29-/m1/s1. The van der Waals surface area contributed by atoms with Gasteiger partial charge in [0.05, 0.1) is 29.3 Å². The predicted octanol–water partition coefficient (Wildman–Crippen LogP) is 6.38. The highest BCUT2D eigenvalue weighted by Gasteiger charge is 2.41.